The second-order valence-electron chi connectivity index (χ2n) is 6.17. The predicted octanol–water partition coefficient (Wildman–Crippen LogP) is 2.87. The number of rotatable bonds is 3. The van der Waals surface area contributed by atoms with Crippen LogP contribution in [0.5, 0.6) is 0 Å². The first-order valence-corrected chi connectivity index (χ1v) is 7.81. The van der Waals surface area contributed by atoms with Crippen LogP contribution >= 0.6 is 0 Å². The third-order valence-electron chi connectivity index (χ3n) is 4.43. The molecule has 1 N–H and O–H groups in total. The Bertz CT molecular complexity index is 519. The summed E-state index contributed by atoms with van der Waals surface area (Å²) in [5.41, 5.74) is 1.88. The molecule has 0 aromatic heterocycles. The zero-order chi connectivity index (χ0) is 14.7. The molecule has 1 heterocycles. The number of carbonyl (C=O) groups excluding carboxylic acids is 1. The minimum atomic E-state index is -0.473. The van der Waals surface area contributed by atoms with E-state index in [1.165, 1.54) is 12.8 Å². The molecule has 1 saturated carbocycles. The van der Waals surface area contributed by atoms with Gasteiger partial charge in [-0.05, 0) is 37.2 Å². The topological polar surface area (TPSA) is 50.7 Å². The smallest absolute Gasteiger partial charge is 0.264 e. The van der Waals surface area contributed by atoms with E-state index in [-0.39, 0.29) is 5.91 Å². The highest BCUT2D eigenvalue weighted by Crippen LogP contribution is 2.24. The molecule has 1 aromatic carbocycles. The molecule has 1 aliphatic carbocycles. The molecule has 4 nitrogen and oxygen atoms in total. The van der Waals surface area contributed by atoms with Crippen molar-refractivity contribution in [3.63, 3.8) is 0 Å². The molecule has 3 rings (SSSR count). The average Bonchev–Trinajstić information content (AvgIpc) is 3.00. The van der Waals surface area contributed by atoms with Crippen molar-refractivity contribution in [3.05, 3.63) is 35.9 Å². The number of hydrogen-bond donors (Lipinski definition) is 1. The van der Waals surface area contributed by atoms with E-state index in [4.69, 9.17) is 4.84 Å². The van der Waals surface area contributed by atoms with Gasteiger partial charge in [0.05, 0.1) is 5.71 Å². The number of amides is 1. The maximum Gasteiger partial charge on any atom is 0.264 e. The van der Waals surface area contributed by atoms with E-state index in [9.17, 15) is 4.79 Å². The standard InChI is InChI=1S/C17H22N2O2/c1-12-7-9-14(10-8-12)18-17(20)16-11-15(19-21-16)13-5-3-2-4-6-13/h2-6,12,14,16H,7-11H2,1H3,(H,18,20)/t12?,14?,16-/m1/s1. The Morgan fingerprint density at radius 3 is 2.62 bits per heavy atom. The summed E-state index contributed by atoms with van der Waals surface area (Å²) in [6.07, 6.45) is 4.63. The van der Waals surface area contributed by atoms with Crippen molar-refractivity contribution in [1.29, 1.82) is 0 Å². The molecule has 1 amide bonds. The van der Waals surface area contributed by atoms with Crippen LogP contribution < -0.4 is 5.32 Å². The number of benzene rings is 1. The van der Waals surface area contributed by atoms with Gasteiger partial charge in [0.2, 0.25) is 6.10 Å². The first kappa shape index (κ1) is 14.1. The van der Waals surface area contributed by atoms with Gasteiger partial charge < -0.3 is 10.2 Å². The summed E-state index contributed by atoms with van der Waals surface area (Å²) in [7, 11) is 0. The maximum atomic E-state index is 12.3. The Hall–Kier alpha value is -1.84. The van der Waals surface area contributed by atoms with E-state index >= 15 is 0 Å². The molecular weight excluding hydrogens is 264 g/mol. The summed E-state index contributed by atoms with van der Waals surface area (Å²) in [5, 5.41) is 7.19. The monoisotopic (exact) mass is 286 g/mol. The third kappa shape index (κ3) is 3.43. The summed E-state index contributed by atoms with van der Waals surface area (Å²) < 4.78 is 0. The van der Waals surface area contributed by atoms with Crippen LogP contribution in [0.4, 0.5) is 0 Å². The van der Waals surface area contributed by atoms with Gasteiger partial charge in [0, 0.05) is 12.5 Å². The Labute approximate surface area is 125 Å². The lowest BCUT2D eigenvalue weighted by molar-refractivity contribution is -0.132. The second kappa shape index (κ2) is 6.29. The number of hydrogen-bond acceptors (Lipinski definition) is 3. The van der Waals surface area contributed by atoms with Gasteiger partial charge in [0.15, 0.2) is 0 Å². The fourth-order valence-corrected chi connectivity index (χ4v) is 3.02. The maximum absolute atomic E-state index is 12.3. The third-order valence-corrected chi connectivity index (χ3v) is 4.43. The van der Waals surface area contributed by atoms with Gasteiger partial charge in [0.1, 0.15) is 0 Å². The van der Waals surface area contributed by atoms with E-state index < -0.39 is 6.10 Å². The molecule has 1 aliphatic heterocycles. The van der Waals surface area contributed by atoms with Crippen LogP contribution in [0.25, 0.3) is 0 Å². The Balaban J connectivity index is 1.52. The number of oxime groups is 1. The van der Waals surface area contributed by atoms with Gasteiger partial charge in [-0.2, -0.15) is 0 Å². The molecule has 0 unspecified atom stereocenters. The molecule has 112 valence electrons. The lowest BCUT2D eigenvalue weighted by Crippen LogP contribution is -2.43. The Kier molecular flexibility index (Phi) is 4.23. The molecule has 4 heteroatoms. The quantitative estimate of drug-likeness (QED) is 0.929. The average molecular weight is 286 g/mol. The van der Waals surface area contributed by atoms with Gasteiger partial charge >= 0.3 is 0 Å². The zero-order valence-corrected chi connectivity index (χ0v) is 12.4. The van der Waals surface area contributed by atoms with Crippen LogP contribution in [0.1, 0.15) is 44.6 Å². The van der Waals surface area contributed by atoms with Crippen molar-refractivity contribution in [3.8, 4) is 0 Å². The van der Waals surface area contributed by atoms with Crippen molar-refractivity contribution in [1.82, 2.24) is 5.32 Å². The van der Waals surface area contributed by atoms with E-state index in [1.54, 1.807) is 0 Å². The van der Waals surface area contributed by atoms with E-state index in [1.807, 2.05) is 30.3 Å². The molecule has 1 aromatic rings. The molecular formula is C17H22N2O2. The van der Waals surface area contributed by atoms with Crippen LogP contribution in [0, 0.1) is 5.92 Å². The molecule has 1 fully saturated rings. The zero-order valence-electron chi connectivity index (χ0n) is 12.4. The van der Waals surface area contributed by atoms with Gasteiger partial charge in [0.25, 0.3) is 5.91 Å². The highest BCUT2D eigenvalue weighted by Gasteiger charge is 2.30. The minimum absolute atomic E-state index is 0.0239. The molecule has 21 heavy (non-hydrogen) atoms. The van der Waals surface area contributed by atoms with Gasteiger partial charge in [-0.1, -0.05) is 42.4 Å². The molecule has 2 aliphatic rings. The van der Waals surface area contributed by atoms with Gasteiger partial charge in [-0.15, -0.1) is 0 Å². The Morgan fingerprint density at radius 1 is 1.19 bits per heavy atom. The van der Waals surface area contributed by atoms with Crippen LogP contribution in [0.2, 0.25) is 0 Å². The van der Waals surface area contributed by atoms with Crippen LogP contribution in [0.3, 0.4) is 0 Å². The molecule has 0 saturated heterocycles. The summed E-state index contributed by atoms with van der Waals surface area (Å²) in [5.74, 6) is 0.762. The van der Waals surface area contributed by atoms with Gasteiger partial charge in [-0.25, -0.2) is 0 Å². The first-order chi connectivity index (χ1) is 10.2. The van der Waals surface area contributed by atoms with Crippen molar-refractivity contribution < 1.29 is 9.63 Å². The molecule has 0 spiro atoms. The van der Waals surface area contributed by atoms with E-state index in [2.05, 4.69) is 17.4 Å². The fourth-order valence-electron chi connectivity index (χ4n) is 3.02. The highest BCUT2D eigenvalue weighted by atomic mass is 16.6. The van der Waals surface area contributed by atoms with Crippen molar-refractivity contribution >= 4 is 11.6 Å². The lowest BCUT2D eigenvalue weighted by Gasteiger charge is -2.27. The van der Waals surface area contributed by atoms with Gasteiger partial charge in [-0.3, -0.25) is 4.79 Å². The number of nitrogens with zero attached hydrogens (tertiary/aromatic N) is 1. The van der Waals surface area contributed by atoms with Crippen LogP contribution in [-0.2, 0) is 9.63 Å². The van der Waals surface area contributed by atoms with E-state index in [0.717, 1.165) is 30.0 Å². The predicted molar refractivity (Wildman–Crippen MR) is 82.0 cm³/mol. The van der Waals surface area contributed by atoms with E-state index in [0.29, 0.717) is 12.5 Å². The fraction of sp³-hybridized carbons (Fsp3) is 0.529. The SMILES string of the molecule is CC1CCC(NC(=O)[C@H]2CC(c3ccccc3)=NO2)CC1. The molecule has 0 radical (unpaired) electrons. The van der Waals surface area contributed by atoms with Crippen molar-refractivity contribution in [2.45, 2.75) is 51.2 Å². The van der Waals surface area contributed by atoms with Crippen LogP contribution in [0.15, 0.2) is 35.5 Å². The second-order valence-corrected chi connectivity index (χ2v) is 6.17. The summed E-state index contributed by atoms with van der Waals surface area (Å²) in [4.78, 5) is 17.6. The molecule has 1 atom stereocenters. The summed E-state index contributed by atoms with van der Waals surface area (Å²) >= 11 is 0. The lowest BCUT2D eigenvalue weighted by atomic mass is 9.87. The van der Waals surface area contributed by atoms with Crippen LogP contribution in [-0.4, -0.2) is 23.8 Å². The Morgan fingerprint density at radius 2 is 1.90 bits per heavy atom. The largest absolute Gasteiger partial charge is 0.382 e. The van der Waals surface area contributed by atoms with Crippen molar-refractivity contribution in [2.24, 2.45) is 11.1 Å². The minimum Gasteiger partial charge on any atom is -0.382 e. The number of nitrogens with one attached hydrogen (secondary N) is 1. The molecule has 0 bridgehead atoms. The summed E-state index contributed by atoms with van der Waals surface area (Å²) in [6.45, 7) is 2.28. The normalized spacial score (nSPS) is 28.6. The first-order valence-electron chi connectivity index (χ1n) is 7.81. The highest BCUT2D eigenvalue weighted by molar-refractivity contribution is 6.04. The van der Waals surface area contributed by atoms with Crippen molar-refractivity contribution in [2.75, 3.05) is 0 Å². The summed E-state index contributed by atoms with van der Waals surface area (Å²) in [6, 6.07) is 10.2. The number of carbonyl (C=O) groups is 1.